The summed E-state index contributed by atoms with van der Waals surface area (Å²) < 4.78 is 33.4. The Morgan fingerprint density at radius 2 is 1.96 bits per heavy atom. The predicted molar refractivity (Wildman–Crippen MR) is 103 cm³/mol. The predicted octanol–water partition coefficient (Wildman–Crippen LogP) is 4.85. The molecule has 0 unspecified atom stereocenters. The summed E-state index contributed by atoms with van der Waals surface area (Å²) >= 11 is 0. The van der Waals surface area contributed by atoms with Crippen molar-refractivity contribution in [1.29, 1.82) is 0 Å². The van der Waals surface area contributed by atoms with Crippen LogP contribution in [0.25, 0.3) is 0 Å². The molecule has 0 amide bonds. The van der Waals surface area contributed by atoms with Crippen molar-refractivity contribution in [1.82, 2.24) is 0 Å². The van der Waals surface area contributed by atoms with Gasteiger partial charge >= 0.3 is 5.97 Å². The standard InChI is InChI=1S/C22H28F2O4/c23-22(24,16-28-18-8-4-3-5-9-18)15-14-17-12-13-20(25)19(17)10-6-1-2-7-11-21(26)27/h1,3-6,8-9,14-15,17,19-20,25H,2,7,10-13,16H2,(H,26,27)/b6-1-,15-14+/t17-,19-,20+/m1/s1. The van der Waals surface area contributed by atoms with Gasteiger partial charge in [-0.25, -0.2) is 0 Å². The summed E-state index contributed by atoms with van der Waals surface area (Å²) in [5.41, 5.74) is 0. The first-order valence-corrected chi connectivity index (χ1v) is 9.67. The van der Waals surface area contributed by atoms with Crippen LogP contribution in [0.3, 0.4) is 0 Å². The van der Waals surface area contributed by atoms with Gasteiger partial charge in [-0.1, -0.05) is 36.4 Å². The van der Waals surface area contributed by atoms with E-state index in [1.807, 2.05) is 12.2 Å². The summed E-state index contributed by atoms with van der Waals surface area (Å²) in [7, 11) is 0. The van der Waals surface area contributed by atoms with Gasteiger partial charge in [-0.3, -0.25) is 4.79 Å². The molecule has 6 heteroatoms. The van der Waals surface area contributed by atoms with E-state index in [0.717, 1.165) is 6.08 Å². The van der Waals surface area contributed by atoms with Crippen molar-refractivity contribution in [2.24, 2.45) is 11.8 Å². The lowest BCUT2D eigenvalue weighted by molar-refractivity contribution is -0.137. The van der Waals surface area contributed by atoms with Crippen LogP contribution in [0.4, 0.5) is 8.78 Å². The average molecular weight is 394 g/mol. The van der Waals surface area contributed by atoms with Gasteiger partial charge in [0.15, 0.2) is 6.61 Å². The number of rotatable bonds is 11. The Kier molecular flexibility index (Phi) is 8.64. The molecule has 0 radical (unpaired) electrons. The number of carboxylic acids is 1. The van der Waals surface area contributed by atoms with Crippen molar-refractivity contribution in [2.45, 2.75) is 50.6 Å². The highest BCUT2D eigenvalue weighted by Gasteiger charge is 2.34. The molecule has 1 aliphatic carbocycles. The molecule has 1 aromatic carbocycles. The summed E-state index contributed by atoms with van der Waals surface area (Å²) in [6.45, 7) is -0.725. The molecule has 0 bridgehead atoms. The molecule has 2 N–H and O–H groups in total. The van der Waals surface area contributed by atoms with Gasteiger partial charge in [-0.2, -0.15) is 8.78 Å². The summed E-state index contributed by atoms with van der Waals surface area (Å²) in [5, 5.41) is 18.8. The first-order valence-electron chi connectivity index (χ1n) is 9.67. The van der Waals surface area contributed by atoms with Gasteiger partial charge in [0.05, 0.1) is 6.10 Å². The Hall–Kier alpha value is -2.21. The minimum Gasteiger partial charge on any atom is -0.487 e. The normalized spacial score (nSPS) is 22.9. The lowest BCUT2D eigenvalue weighted by atomic mass is 9.90. The molecule has 1 aliphatic rings. The minimum absolute atomic E-state index is 0.0992. The maximum Gasteiger partial charge on any atom is 0.303 e. The number of benzene rings is 1. The topological polar surface area (TPSA) is 66.8 Å². The molecule has 1 saturated carbocycles. The highest BCUT2D eigenvalue weighted by Crippen LogP contribution is 2.36. The van der Waals surface area contributed by atoms with Gasteiger partial charge < -0.3 is 14.9 Å². The Morgan fingerprint density at radius 1 is 1.21 bits per heavy atom. The molecular formula is C22H28F2O4. The molecule has 3 atom stereocenters. The number of halogens is 2. The fourth-order valence-corrected chi connectivity index (χ4v) is 3.40. The van der Waals surface area contributed by atoms with E-state index in [2.05, 4.69) is 0 Å². The number of hydrogen-bond donors (Lipinski definition) is 2. The number of allylic oxidation sites excluding steroid dienone is 3. The van der Waals surface area contributed by atoms with Crippen LogP contribution in [0.15, 0.2) is 54.6 Å². The van der Waals surface area contributed by atoms with Gasteiger partial charge in [0, 0.05) is 6.42 Å². The molecule has 154 valence electrons. The summed E-state index contributed by atoms with van der Waals surface area (Å²) in [5.74, 6) is -3.71. The van der Waals surface area contributed by atoms with E-state index in [9.17, 15) is 18.7 Å². The van der Waals surface area contributed by atoms with Crippen molar-refractivity contribution < 1.29 is 28.5 Å². The summed E-state index contributed by atoms with van der Waals surface area (Å²) in [4.78, 5) is 10.5. The van der Waals surface area contributed by atoms with Crippen LogP contribution in [0, 0.1) is 11.8 Å². The van der Waals surface area contributed by atoms with E-state index >= 15 is 0 Å². The molecule has 0 aliphatic heterocycles. The third-order valence-electron chi connectivity index (χ3n) is 4.94. The van der Waals surface area contributed by atoms with E-state index in [1.165, 1.54) is 6.08 Å². The zero-order valence-electron chi connectivity index (χ0n) is 15.8. The van der Waals surface area contributed by atoms with Crippen molar-refractivity contribution in [2.75, 3.05) is 6.61 Å². The lowest BCUT2D eigenvalue weighted by Gasteiger charge is -2.19. The van der Waals surface area contributed by atoms with Crippen LogP contribution in [0.2, 0.25) is 0 Å². The second-order valence-electron chi connectivity index (χ2n) is 7.19. The van der Waals surface area contributed by atoms with E-state index in [1.54, 1.807) is 30.3 Å². The fourth-order valence-electron chi connectivity index (χ4n) is 3.40. The number of alkyl halides is 2. The molecule has 0 aromatic heterocycles. The number of para-hydroxylation sites is 1. The number of carbonyl (C=O) groups is 1. The number of ether oxygens (including phenoxy) is 1. The largest absolute Gasteiger partial charge is 0.487 e. The first kappa shape index (κ1) is 22.1. The van der Waals surface area contributed by atoms with Gasteiger partial charge in [0.2, 0.25) is 0 Å². The van der Waals surface area contributed by atoms with E-state index in [4.69, 9.17) is 9.84 Å². The molecule has 1 fully saturated rings. The van der Waals surface area contributed by atoms with Crippen LogP contribution >= 0.6 is 0 Å². The van der Waals surface area contributed by atoms with Crippen molar-refractivity contribution >= 4 is 5.97 Å². The number of unbranched alkanes of at least 4 members (excludes halogenated alkanes) is 1. The smallest absolute Gasteiger partial charge is 0.303 e. The SMILES string of the molecule is O=C(O)CCC/C=C\C[C@H]1[C@@H](O)CC[C@@H]1/C=C/C(F)(F)COc1ccccc1. The van der Waals surface area contributed by atoms with Gasteiger partial charge in [-0.05, 0) is 62.1 Å². The Bertz CT molecular complexity index is 658. The fraction of sp³-hybridized carbons (Fsp3) is 0.500. The zero-order chi connectivity index (χ0) is 20.4. The van der Waals surface area contributed by atoms with Crippen LogP contribution < -0.4 is 4.74 Å². The molecule has 2 rings (SSSR count). The maximum absolute atomic E-state index is 14.1. The van der Waals surface area contributed by atoms with Gasteiger partial charge in [0.1, 0.15) is 5.75 Å². The Labute approximate surface area is 164 Å². The molecule has 28 heavy (non-hydrogen) atoms. The molecule has 0 heterocycles. The molecular weight excluding hydrogens is 366 g/mol. The third kappa shape index (κ3) is 7.80. The van der Waals surface area contributed by atoms with Crippen LogP contribution in [-0.4, -0.2) is 34.8 Å². The second kappa shape index (κ2) is 11.0. The zero-order valence-corrected chi connectivity index (χ0v) is 15.8. The number of carboxylic acid groups (broad SMARTS) is 1. The number of aliphatic hydroxyl groups is 1. The Morgan fingerprint density at radius 3 is 2.68 bits per heavy atom. The monoisotopic (exact) mass is 394 g/mol. The number of aliphatic carboxylic acids is 1. The quantitative estimate of drug-likeness (QED) is 0.416. The van der Waals surface area contributed by atoms with Crippen LogP contribution in [0.1, 0.15) is 38.5 Å². The first-order chi connectivity index (χ1) is 13.4. The molecule has 0 saturated heterocycles. The van der Waals surface area contributed by atoms with E-state index in [-0.39, 0.29) is 18.3 Å². The lowest BCUT2D eigenvalue weighted by Crippen LogP contribution is -2.24. The van der Waals surface area contributed by atoms with E-state index in [0.29, 0.717) is 37.9 Å². The van der Waals surface area contributed by atoms with E-state index < -0.39 is 24.6 Å². The minimum atomic E-state index is -3.08. The number of aliphatic hydroxyl groups excluding tert-OH is 1. The molecule has 0 spiro atoms. The highest BCUT2D eigenvalue weighted by atomic mass is 19.3. The van der Waals surface area contributed by atoms with Crippen molar-refractivity contribution in [3.63, 3.8) is 0 Å². The van der Waals surface area contributed by atoms with Crippen molar-refractivity contribution in [3.05, 3.63) is 54.6 Å². The van der Waals surface area contributed by atoms with Crippen molar-refractivity contribution in [3.8, 4) is 5.75 Å². The van der Waals surface area contributed by atoms with Gasteiger partial charge in [0.25, 0.3) is 5.92 Å². The van der Waals surface area contributed by atoms with Crippen LogP contribution in [0.5, 0.6) is 5.75 Å². The van der Waals surface area contributed by atoms with Crippen LogP contribution in [-0.2, 0) is 4.79 Å². The molecule has 1 aromatic rings. The number of hydrogen-bond acceptors (Lipinski definition) is 3. The summed E-state index contributed by atoms with van der Waals surface area (Å²) in [6, 6.07) is 8.50. The third-order valence-corrected chi connectivity index (χ3v) is 4.94. The average Bonchev–Trinajstić information content (AvgIpc) is 3.02. The Balaban J connectivity index is 1.82. The molecule has 4 nitrogen and oxygen atoms in total. The highest BCUT2D eigenvalue weighted by molar-refractivity contribution is 5.66. The maximum atomic E-state index is 14.1. The second-order valence-corrected chi connectivity index (χ2v) is 7.19. The summed E-state index contributed by atoms with van der Waals surface area (Å²) in [6.07, 6.45) is 8.92. The van der Waals surface area contributed by atoms with Gasteiger partial charge in [-0.15, -0.1) is 0 Å².